The molecule has 1 saturated heterocycles. The summed E-state index contributed by atoms with van der Waals surface area (Å²) in [4.78, 5) is 12.0. The van der Waals surface area contributed by atoms with Gasteiger partial charge in [0.15, 0.2) is 9.84 Å². The number of carbonyl (C=O) groups is 1. The predicted octanol–water partition coefficient (Wildman–Crippen LogP) is 0.857. The van der Waals surface area contributed by atoms with Crippen molar-refractivity contribution in [1.29, 1.82) is 0 Å². The number of nitrogens with one attached hydrogen (secondary N) is 1. The van der Waals surface area contributed by atoms with Crippen LogP contribution in [-0.4, -0.2) is 38.5 Å². The summed E-state index contributed by atoms with van der Waals surface area (Å²) < 4.78 is 28.3. The number of amides is 1. The highest BCUT2D eigenvalue weighted by atomic mass is 32.2. The molecule has 0 radical (unpaired) electrons. The summed E-state index contributed by atoms with van der Waals surface area (Å²) in [5, 5.41) is 2.81. The molecule has 0 spiro atoms. The van der Waals surface area contributed by atoms with Gasteiger partial charge in [0.05, 0.1) is 24.5 Å². The first-order valence-corrected chi connectivity index (χ1v) is 9.08. The summed E-state index contributed by atoms with van der Waals surface area (Å²) in [6.45, 7) is 0.753. The van der Waals surface area contributed by atoms with E-state index in [9.17, 15) is 13.2 Å². The Morgan fingerprint density at radius 1 is 1.38 bits per heavy atom. The van der Waals surface area contributed by atoms with Crippen molar-refractivity contribution in [1.82, 2.24) is 5.32 Å². The van der Waals surface area contributed by atoms with Crippen LogP contribution < -0.4 is 10.1 Å². The van der Waals surface area contributed by atoms with Crippen LogP contribution in [0.25, 0.3) is 0 Å². The summed E-state index contributed by atoms with van der Waals surface area (Å²) in [5.41, 5.74) is 2.09. The molecule has 0 aromatic heterocycles. The molecule has 0 aliphatic carbocycles. The summed E-state index contributed by atoms with van der Waals surface area (Å²) >= 11 is 0. The zero-order valence-corrected chi connectivity index (χ0v) is 12.6. The Balaban J connectivity index is 1.60. The number of fused-ring (bicyclic) bond motifs is 1. The van der Waals surface area contributed by atoms with Crippen LogP contribution in [0.4, 0.5) is 0 Å². The standard InChI is InChI=1S/C15H19NO4S/c17-15(16-13-5-7-21(18,19)10-13)9-11-3-4-14-12(8-11)2-1-6-20-14/h3-4,8,13H,1-2,5-7,9-10H2,(H,16,17). The Bertz CT molecular complexity index is 654. The molecular formula is C15H19NO4S. The van der Waals surface area contributed by atoms with Gasteiger partial charge in [-0.3, -0.25) is 4.79 Å². The molecule has 0 saturated carbocycles. The van der Waals surface area contributed by atoms with Gasteiger partial charge >= 0.3 is 0 Å². The maximum absolute atomic E-state index is 12.0. The normalized spacial score (nSPS) is 23.1. The Labute approximate surface area is 124 Å². The Morgan fingerprint density at radius 3 is 3.00 bits per heavy atom. The highest BCUT2D eigenvalue weighted by Crippen LogP contribution is 2.25. The van der Waals surface area contributed by atoms with E-state index < -0.39 is 9.84 Å². The van der Waals surface area contributed by atoms with Crippen molar-refractivity contribution in [3.8, 4) is 5.75 Å². The molecule has 1 fully saturated rings. The first-order valence-electron chi connectivity index (χ1n) is 7.26. The summed E-state index contributed by atoms with van der Waals surface area (Å²) in [7, 11) is -2.96. The minimum atomic E-state index is -2.96. The second kappa shape index (κ2) is 5.67. The van der Waals surface area contributed by atoms with Crippen molar-refractivity contribution in [2.75, 3.05) is 18.1 Å². The largest absolute Gasteiger partial charge is 0.493 e. The highest BCUT2D eigenvalue weighted by molar-refractivity contribution is 7.91. The number of ether oxygens (including phenoxy) is 1. The number of rotatable bonds is 3. The van der Waals surface area contributed by atoms with Gasteiger partial charge in [0.2, 0.25) is 5.91 Å². The molecule has 114 valence electrons. The number of hydrogen-bond donors (Lipinski definition) is 1. The molecule has 3 rings (SSSR count). The summed E-state index contributed by atoms with van der Waals surface area (Å²) in [6.07, 6.45) is 2.78. The quantitative estimate of drug-likeness (QED) is 0.899. The molecule has 1 N–H and O–H groups in total. The van der Waals surface area contributed by atoms with Crippen LogP contribution in [0, 0.1) is 0 Å². The highest BCUT2D eigenvalue weighted by Gasteiger charge is 2.28. The number of hydrogen-bond acceptors (Lipinski definition) is 4. The fourth-order valence-electron chi connectivity index (χ4n) is 2.90. The molecule has 1 aromatic carbocycles. The van der Waals surface area contributed by atoms with Crippen molar-refractivity contribution < 1.29 is 17.9 Å². The third-order valence-electron chi connectivity index (χ3n) is 3.94. The van der Waals surface area contributed by atoms with Crippen molar-refractivity contribution in [3.05, 3.63) is 29.3 Å². The topological polar surface area (TPSA) is 72.5 Å². The zero-order chi connectivity index (χ0) is 14.9. The number of carbonyl (C=O) groups excluding carboxylic acids is 1. The van der Waals surface area contributed by atoms with Crippen molar-refractivity contribution >= 4 is 15.7 Å². The van der Waals surface area contributed by atoms with Crippen LogP contribution in [0.5, 0.6) is 5.75 Å². The van der Waals surface area contributed by atoms with E-state index in [2.05, 4.69) is 5.32 Å². The number of aryl methyl sites for hydroxylation is 1. The van der Waals surface area contributed by atoms with Gasteiger partial charge in [-0.15, -0.1) is 0 Å². The minimum absolute atomic E-state index is 0.0662. The molecule has 1 amide bonds. The predicted molar refractivity (Wildman–Crippen MR) is 79.2 cm³/mol. The van der Waals surface area contributed by atoms with Crippen LogP contribution in [0.1, 0.15) is 24.0 Å². The fourth-order valence-corrected chi connectivity index (χ4v) is 4.57. The summed E-state index contributed by atoms with van der Waals surface area (Å²) in [6, 6.07) is 5.59. The maximum Gasteiger partial charge on any atom is 0.224 e. The van der Waals surface area contributed by atoms with Gasteiger partial charge in [0, 0.05) is 6.04 Å². The second-order valence-corrected chi connectivity index (χ2v) is 7.97. The lowest BCUT2D eigenvalue weighted by molar-refractivity contribution is -0.121. The molecule has 2 heterocycles. The van der Waals surface area contributed by atoms with Crippen LogP contribution in [0.15, 0.2) is 18.2 Å². The van der Waals surface area contributed by atoms with Crippen LogP contribution in [-0.2, 0) is 27.5 Å². The molecule has 6 heteroatoms. The van der Waals surface area contributed by atoms with Gasteiger partial charge in [-0.05, 0) is 36.5 Å². The van der Waals surface area contributed by atoms with Gasteiger partial charge in [-0.1, -0.05) is 12.1 Å². The first kappa shape index (κ1) is 14.4. The average molecular weight is 309 g/mol. The molecule has 1 aromatic rings. The van der Waals surface area contributed by atoms with Gasteiger partial charge in [0.1, 0.15) is 5.75 Å². The van der Waals surface area contributed by atoms with Gasteiger partial charge in [-0.2, -0.15) is 0 Å². The van der Waals surface area contributed by atoms with E-state index in [0.717, 1.165) is 36.3 Å². The lowest BCUT2D eigenvalue weighted by Gasteiger charge is -2.18. The molecular weight excluding hydrogens is 290 g/mol. The Hall–Kier alpha value is -1.56. The molecule has 1 unspecified atom stereocenters. The maximum atomic E-state index is 12.0. The molecule has 0 bridgehead atoms. The molecule has 2 aliphatic heterocycles. The van der Waals surface area contributed by atoms with E-state index in [0.29, 0.717) is 6.42 Å². The second-order valence-electron chi connectivity index (χ2n) is 5.74. The Kier molecular flexibility index (Phi) is 3.89. The van der Waals surface area contributed by atoms with Crippen LogP contribution in [0.3, 0.4) is 0 Å². The smallest absolute Gasteiger partial charge is 0.224 e. The van der Waals surface area contributed by atoms with E-state index in [1.807, 2.05) is 18.2 Å². The monoisotopic (exact) mass is 309 g/mol. The SMILES string of the molecule is O=C(Cc1ccc2c(c1)CCCO2)NC1CCS(=O)(=O)C1. The third-order valence-corrected chi connectivity index (χ3v) is 5.70. The lowest BCUT2D eigenvalue weighted by atomic mass is 10.0. The van der Waals surface area contributed by atoms with E-state index in [1.54, 1.807) is 0 Å². The van der Waals surface area contributed by atoms with Gasteiger partial charge in [-0.25, -0.2) is 8.42 Å². The average Bonchev–Trinajstić information content (AvgIpc) is 2.77. The molecule has 1 atom stereocenters. The van der Waals surface area contributed by atoms with E-state index >= 15 is 0 Å². The first-order chi connectivity index (χ1) is 10.0. The van der Waals surface area contributed by atoms with Gasteiger partial charge in [0.25, 0.3) is 0 Å². The van der Waals surface area contributed by atoms with Crippen molar-refractivity contribution in [2.45, 2.75) is 31.7 Å². The molecule has 2 aliphatic rings. The zero-order valence-electron chi connectivity index (χ0n) is 11.8. The summed E-state index contributed by atoms with van der Waals surface area (Å²) in [5.74, 6) is 1.03. The van der Waals surface area contributed by atoms with Crippen LogP contribution in [0.2, 0.25) is 0 Å². The minimum Gasteiger partial charge on any atom is -0.493 e. The van der Waals surface area contributed by atoms with Crippen LogP contribution >= 0.6 is 0 Å². The molecule has 21 heavy (non-hydrogen) atoms. The molecule has 5 nitrogen and oxygen atoms in total. The number of benzene rings is 1. The fraction of sp³-hybridized carbons (Fsp3) is 0.533. The Morgan fingerprint density at radius 2 is 2.24 bits per heavy atom. The van der Waals surface area contributed by atoms with E-state index in [-0.39, 0.29) is 29.9 Å². The lowest BCUT2D eigenvalue weighted by Crippen LogP contribution is -2.36. The van der Waals surface area contributed by atoms with Gasteiger partial charge < -0.3 is 10.1 Å². The van der Waals surface area contributed by atoms with Crippen molar-refractivity contribution in [2.24, 2.45) is 0 Å². The van der Waals surface area contributed by atoms with Crippen molar-refractivity contribution in [3.63, 3.8) is 0 Å². The third kappa shape index (κ3) is 3.56. The van der Waals surface area contributed by atoms with E-state index in [4.69, 9.17) is 4.74 Å². The van der Waals surface area contributed by atoms with E-state index in [1.165, 1.54) is 0 Å². The number of sulfone groups is 1.